The molecule has 0 saturated carbocycles. The molecule has 2 N–H and O–H groups in total. The molecule has 5 nitrogen and oxygen atoms in total. The Hall–Kier alpha value is -3.42. The molecule has 1 amide bonds. The largest absolute Gasteiger partial charge is 0.399 e. The minimum Gasteiger partial charge on any atom is -0.399 e. The number of hydrogen-bond donors (Lipinski definition) is 1. The highest BCUT2D eigenvalue weighted by Crippen LogP contribution is 2.41. The summed E-state index contributed by atoms with van der Waals surface area (Å²) in [7, 11) is 0. The fourth-order valence-corrected chi connectivity index (χ4v) is 4.59. The average molecular weight is 520 g/mol. The van der Waals surface area contributed by atoms with Gasteiger partial charge in [-0.15, -0.1) is 0 Å². The van der Waals surface area contributed by atoms with Crippen molar-refractivity contribution >= 4 is 27.5 Å². The number of amides is 1. The number of aromatic nitrogens is 1. The first-order valence-corrected chi connectivity index (χ1v) is 11.7. The number of nitrogens with two attached hydrogens (primary N) is 1. The molecule has 1 aliphatic rings. The molecule has 3 aromatic carbocycles. The van der Waals surface area contributed by atoms with Crippen LogP contribution in [0.15, 0.2) is 89.7 Å². The molecule has 7 heteroatoms. The number of rotatable bonds is 5. The molecule has 1 aromatic heterocycles. The molecule has 0 radical (unpaired) electrons. The normalized spacial score (nSPS) is 16.7. The van der Waals surface area contributed by atoms with Crippen molar-refractivity contribution < 1.29 is 13.9 Å². The Labute approximate surface area is 205 Å². The molecule has 1 aliphatic heterocycles. The zero-order valence-electron chi connectivity index (χ0n) is 18.5. The highest BCUT2D eigenvalue weighted by molar-refractivity contribution is 9.10. The van der Waals surface area contributed by atoms with Gasteiger partial charge in [0.1, 0.15) is 12.4 Å². The van der Waals surface area contributed by atoms with Gasteiger partial charge in [0.2, 0.25) is 0 Å². The zero-order valence-corrected chi connectivity index (χ0v) is 20.1. The lowest BCUT2D eigenvalue weighted by molar-refractivity contribution is -0.130. The number of anilines is 1. The van der Waals surface area contributed by atoms with Crippen molar-refractivity contribution in [3.05, 3.63) is 107 Å². The number of halogens is 2. The van der Waals surface area contributed by atoms with E-state index < -0.39 is 6.23 Å². The van der Waals surface area contributed by atoms with Gasteiger partial charge in [-0.1, -0.05) is 40.2 Å². The van der Waals surface area contributed by atoms with Crippen LogP contribution in [0, 0.1) is 5.82 Å². The standard InChI is InChI=1S/C27H23BrFN3O2/c1-17(18-4-10-22(30)11-5-18)32-26(33)16-34-27(32)25-15-31(23-12-6-20(28)7-13-23)14-24(25)19-2-8-21(29)9-3-19/h2-15,17,27H,16,30H2,1H3/t17?,27-/m0/s1. The van der Waals surface area contributed by atoms with E-state index in [-0.39, 0.29) is 24.4 Å². The Bertz CT molecular complexity index is 1320. The van der Waals surface area contributed by atoms with Crippen molar-refractivity contribution in [3.63, 3.8) is 0 Å². The van der Waals surface area contributed by atoms with Gasteiger partial charge >= 0.3 is 0 Å². The third-order valence-electron chi connectivity index (χ3n) is 6.14. The van der Waals surface area contributed by atoms with Crippen LogP contribution in [0.4, 0.5) is 10.1 Å². The summed E-state index contributed by atoms with van der Waals surface area (Å²) < 4.78 is 22.7. The monoisotopic (exact) mass is 519 g/mol. The van der Waals surface area contributed by atoms with Gasteiger partial charge in [0.25, 0.3) is 5.91 Å². The van der Waals surface area contributed by atoms with Gasteiger partial charge in [-0.05, 0) is 66.6 Å². The molecule has 1 saturated heterocycles. The fraction of sp³-hybridized carbons (Fsp3) is 0.148. The number of benzene rings is 3. The Morgan fingerprint density at radius 2 is 1.68 bits per heavy atom. The second-order valence-electron chi connectivity index (χ2n) is 8.32. The van der Waals surface area contributed by atoms with Crippen molar-refractivity contribution in [2.24, 2.45) is 0 Å². The summed E-state index contributed by atoms with van der Waals surface area (Å²) in [6.07, 6.45) is 3.38. The summed E-state index contributed by atoms with van der Waals surface area (Å²) in [5, 5.41) is 0. The van der Waals surface area contributed by atoms with Crippen LogP contribution in [0.5, 0.6) is 0 Å². The van der Waals surface area contributed by atoms with Gasteiger partial charge in [-0.3, -0.25) is 4.79 Å². The van der Waals surface area contributed by atoms with Crippen LogP contribution >= 0.6 is 15.9 Å². The maximum Gasteiger partial charge on any atom is 0.251 e. The predicted octanol–water partition coefficient (Wildman–Crippen LogP) is 6.25. The van der Waals surface area contributed by atoms with Gasteiger partial charge in [0, 0.05) is 39.4 Å². The molecule has 0 bridgehead atoms. The van der Waals surface area contributed by atoms with E-state index in [4.69, 9.17) is 10.5 Å². The third-order valence-corrected chi connectivity index (χ3v) is 6.67. The minimum absolute atomic E-state index is 0.00367. The lowest BCUT2D eigenvalue weighted by atomic mass is 10.0. The van der Waals surface area contributed by atoms with Gasteiger partial charge in [0.05, 0.1) is 6.04 Å². The quantitative estimate of drug-likeness (QED) is 0.317. The van der Waals surface area contributed by atoms with Gasteiger partial charge in [-0.2, -0.15) is 0 Å². The van der Waals surface area contributed by atoms with Crippen molar-refractivity contribution in [3.8, 4) is 16.8 Å². The molecule has 2 heterocycles. The highest BCUT2D eigenvalue weighted by Gasteiger charge is 2.39. The van der Waals surface area contributed by atoms with E-state index in [2.05, 4.69) is 15.9 Å². The molecule has 4 aromatic rings. The predicted molar refractivity (Wildman–Crippen MR) is 134 cm³/mol. The Morgan fingerprint density at radius 3 is 2.35 bits per heavy atom. The van der Waals surface area contributed by atoms with E-state index in [1.807, 2.05) is 72.4 Å². The average Bonchev–Trinajstić information content (AvgIpc) is 3.44. The topological polar surface area (TPSA) is 60.5 Å². The first-order valence-electron chi connectivity index (χ1n) is 10.9. The maximum atomic E-state index is 13.7. The Morgan fingerprint density at radius 1 is 1.00 bits per heavy atom. The van der Waals surface area contributed by atoms with Crippen molar-refractivity contribution in [1.82, 2.24) is 9.47 Å². The summed E-state index contributed by atoms with van der Waals surface area (Å²) in [6, 6.07) is 21.6. The van der Waals surface area contributed by atoms with E-state index in [9.17, 15) is 9.18 Å². The van der Waals surface area contributed by atoms with E-state index >= 15 is 0 Å². The number of nitrogen functional groups attached to an aromatic ring is 1. The number of carbonyl (C=O) groups is 1. The van der Waals surface area contributed by atoms with Gasteiger partial charge in [-0.25, -0.2) is 4.39 Å². The molecule has 2 atom stereocenters. The maximum absolute atomic E-state index is 13.7. The smallest absolute Gasteiger partial charge is 0.251 e. The van der Waals surface area contributed by atoms with Gasteiger partial charge < -0.3 is 19.9 Å². The SMILES string of the molecule is CC(c1ccc(N)cc1)N1C(=O)CO[C@H]1c1cn(-c2ccc(Br)cc2)cc1-c1ccc(F)cc1. The van der Waals surface area contributed by atoms with Crippen LogP contribution in [-0.2, 0) is 9.53 Å². The number of nitrogens with zero attached hydrogens (tertiary/aromatic N) is 2. The molecule has 34 heavy (non-hydrogen) atoms. The molecule has 0 spiro atoms. The minimum atomic E-state index is -0.586. The Balaban J connectivity index is 1.60. The molecule has 5 rings (SSSR count). The molecule has 1 unspecified atom stereocenters. The van der Waals surface area contributed by atoms with Crippen molar-refractivity contribution in [2.45, 2.75) is 19.2 Å². The molecule has 0 aliphatic carbocycles. The molecule has 1 fully saturated rings. The summed E-state index contributed by atoms with van der Waals surface area (Å²) in [5.41, 5.74) is 11.0. The molecule has 172 valence electrons. The van der Waals surface area contributed by atoms with Crippen LogP contribution in [0.25, 0.3) is 16.8 Å². The van der Waals surface area contributed by atoms with Gasteiger partial charge in [0.15, 0.2) is 6.23 Å². The van der Waals surface area contributed by atoms with Crippen LogP contribution in [0.2, 0.25) is 0 Å². The zero-order chi connectivity index (χ0) is 23.8. The van der Waals surface area contributed by atoms with Crippen LogP contribution in [-0.4, -0.2) is 22.0 Å². The van der Waals surface area contributed by atoms with Crippen LogP contribution in [0.1, 0.15) is 30.3 Å². The summed E-state index contributed by atoms with van der Waals surface area (Å²) in [5.74, 6) is -0.390. The van der Waals surface area contributed by atoms with Crippen LogP contribution < -0.4 is 5.73 Å². The van der Waals surface area contributed by atoms with Crippen molar-refractivity contribution in [2.75, 3.05) is 12.3 Å². The second-order valence-corrected chi connectivity index (χ2v) is 9.24. The lowest BCUT2D eigenvalue weighted by Crippen LogP contribution is -2.31. The summed E-state index contributed by atoms with van der Waals surface area (Å²) in [6.45, 7) is 1.98. The number of ether oxygens (including phenoxy) is 1. The Kier molecular flexibility index (Phi) is 5.98. The fourth-order valence-electron chi connectivity index (χ4n) is 4.33. The van der Waals surface area contributed by atoms with E-state index in [0.717, 1.165) is 32.4 Å². The second kappa shape index (κ2) is 9.08. The lowest BCUT2D eigenvalue weighted by Gasteiger charge is -2.30. The molecular formula is C27H23BrFN3O2. The highest BCUT2D eigenvalue weighted by atomic mass is 79.9. The first-order chi connectivity index (χ1) is 16.4. The van der Waals surface area contributed by atoms with E-state index in [0.29, 0.717) is 5.69 Å². The van der Waals surface area contributed by atoms with E-state index in [1.165, 1.54) is 12.1 Å². The van der Waals surface area contributed by atoms with Crippen molar-refractivity contribution in [1.29, 1.82) is 0 Å². The molecular weight excluding hydrogens is 497 g/mol. The summed E-state index contributed by atoms with van der Waals surface area (Å²) in [4.78, 5) is 14.7. The van der Waals surface area contributed by atoms with E-state index in [1.54, 1.807) is 17.0 Å². The summed E-state index contributed by atoms with van der Waals surface area (Å²) >= 11 is 3.48. The number of carbonyl (C=O) groups excluding carboxylic acids is 1. The number of hydrogen-bond acceptors (Lipinski definition) is 3. The van der Waals surface area contributed by atoms with Crippen LogP contribution in [0.3, 0.4) is 0 Å². The first kappa shape index (κ1) is 22.4. The third kappa shape index (κ3) is 4.24.